The zero-order valence-corrected chi connectivity index (χ0v) is 17.3. The number of nitrogens with one attached hydrogen (secondary N) is 2. The van der Waals surface area contributed by atoms with E-state index in [1.165, 1.54) is 13.1 Å². The number of benzene rings is 3. The molecular weight excluding hydrogens is 414 g/mol. The van der Waals surface area contributed by atoms with Gasteiger partial charge in [0, 0.05) is 23.9 Å². The normalized spacial score (nSPS) is 10.5. The molecule has 0 radical (unpaired) electrons. The summed E-state index contributed by atoms with van der Waals surface area (Å²) in [7, 11) is 1.51. The quantitative estimate of drug-likeness (QED) is 0.450. The molecule has 0 aliphatic heterocycles. The molecule has 1 aromatic heterocycles. The van der Waals surface area contributed by atoms with Crippen molar-refractivity contribution in [3.63, 3.8) is 0 Å². The number of rotatable bonds is 5. The SMILES string of the molecule is CNC(=O)c1cc(NC(=O)c2ccccc2-c2ncc(-c3ccccc3)o2)ccc1Cl. The molecule has 2 N–H and O–H groups in total. The van der Waals surface area contributed by atoms with E-state index in [9.17, 15) is 9.59 Å². The number of oxazole rings is 1. The van der Waals surface area contributed by atoms with E-state index in [1.54, 1.807) is 36.5 Å². The molecular formula is C24H18ClN3O3. The Morgan fingerprint density at radius 1 is 0.903 bits per heavy atom. The van der Waals surface area contributed by atoms with Crippen LogP contribution in [0, 0.1) is 0 Å². The maximum absolute atomic E-state index is 13.0. The van der Waals surface area contributed by atoms with Gasteiger partial charge in [0.1, 0.15) is 0 Å². The molecule has 6 nitrogen and oxygen atoms in total. The third kappa shape index (κ3) is 4.34. The van der Waals surface area contributed by atoms with Gasteiger partial charge in [0.15, 0.2) is 5.76 Å². The van der Waals surface area contributed by atoms with Gasteiger partial charge in [0.2, 0.25) is 5.89 Å². The van der Waals surface area contributed by atoms with Gasteiger partial charge in [-0.3, -0.25) is 9.59 Å². The summed E-state index contributed by atoms with van der Waals surface area (Å²) in [6, 6.07) is 21.4. The Morgan fingerprint density at radius 3 is 2.42 bits per heavy atom. The number of hydrogen-bond acceptors (Lipinski definition) is 4. The van der Waals surface area contributed by atoms with Crippen molar-refractivity contribution >= 4 is 29.1 Å². The number of carbonyl (C=O) groups excluding carboxylic acids is 2. The zero-order chi connectivity index (χ0) is 21.8. The van der Waals surface area contributed by atoms with Gasteiger partial charge in [-0.05, 0) is 30.3 Å². The Kier molecular flexibility index (Phi) is 5.82. The first-order valence-corrected chi connectivity index (χ1v) is 9.88. The van der Waals surface area contributed by atoms with Crippen LogP contribution in [0.25, 0.3) is 22.8 Å². The molecule has 0 saturated heterocycles. The van der Waals surface area contributed by atoms with E-state index in [-0.39, 0.29) is 17.4 Å². The van der Waals surface area contributed by atoms with Gasteiger partial charge >= 0.3 is 0 Å². The van der Waals surface area contributed by atoms with Crippen molar-refractivity contribution in [2.75, 3.05) is 12.4 Å². The predicted octanol–water partition coefficient (Wildman–Crippen LogP) is 5.27. The van der Waals surface area contributed by atoms with Crippen molar-refractivity contribution in [3.8, 4) is 22.8 Å². The lowest BCUT2D eigenvalue weighted by Crippen LogP contribution is -2.19. The van der Waals surface area contributed by atoms with Crippen LogP contribution in [-0.4, -0.2) is 23.8 Å². The first-order valence-electron chi connectivity index (χ1n) is 9.50. The van der Waals surface area contributed by atoms with Gasteiger partial charge in [-0.15, -0.1) is 0 Å². The van der Waals surface area contributed by atoms with Crippen molar-refractivity contribution in [1.29, 1.82) is 0 Å². The number of hydrogen-bond donors (Lipinski definition) is 2. The average Bonchev–Trinajstić information content (AvgIpc) is 3.30. The fourth-order valence-electron chi connectivity index (χ4n) is 3.11. The van der Waals surface area contributed by atoms with Gasteiger partial charge in [0.25, 0.3) is 11.8 Å². The molecule has 154 valence electrons. The number of carbonyl (C=O) groups is 2. The van der Waals surface area contributed by atoms with Crippen molar-refractivity contribution in [1.82, 2.24) is 10.3 Å². The van der Waals surface area contributed by atoms with Crippen LogP contribution in [0.4, 0.5) is 5.69 Å². The standard InChI is InChI=1S/C24H18ClN3O3/c1-26-22(29)19-13-16(11-12-20(19)25)28-23(30)17-9-5-6-10-18(17)24-27-14-21(31-24)15-7-3-2-4-8-15/h2-14H,1H3,(H,26,29)(H,28,30). The number of anilines is 1. The van der Waals surface area contributed by atoms with Crippen LogP contribution in [-0.2, 0) is 0 Å². The summed E-state index contributed by atoms with van der Waals surface area (Å²) in [4.78, 5) is 29.3. The molecule has 0 saturated carbocycles. The highest BCUT2D eigenvalue weighted by Gasteiger charge is 2.18. The van der Waals surface area contributed by atoms with Crippen molar-refractivity contribution in [2.45, 2.75) is 0 Å². The van der Waals surface area contributed by atoms with E-state index in [1.807, 2.05) is 36.4 Å². The van der Waals surface area contributed by atoms with E-state index < -0.39 is 0 Å². The highest BCUT2D eigenvalue weighted by Crippen LogP contribution is 2.29. The van der Waals surface area contributed by atoms with Gasteiger partial charge < -0.3 is 15.1 Å². The Morgan fingerprint density at radius 2 is 1.65 bits per heavy atom. The van der Waals surface area contributed by atoms with Gasteiger partial charge in [-0.2, -0.15) is 0 Å². The molecule has 0 atom stereocenters. The van der Waals surface area contributed by atoms with E-state index in [4.69, 9.17) is 16.0 Å². The lowest BCUT2D eigenvalue weighted by molar-refractivity contribution is 0.0961. The Bertz CT molecular complexity index is 1250. The Balaban J connectivity index is 1.63. The van der Waals surface area contributed by atoms with E-state index in [2.05, 4.69) is 15.6 Å². The summed E-state index contributed by atoms with van der Waals surface area (Å²) >= 11 is 6.09. The number of aromatic nitrogens is 1. The summed E-state index contributed by atoms with van der Waals surface area (Å²) in [6.07, 6.45) is 1.63. The van der Waals surface area contributed by atoms with Crippen molar-refractivity contribution < 1.29 is 14.0 Å². The highest BCUT2D eigenvalue weighted by atomic mass is 35.5. The molecule has 0 aliphatic carbocycles. The average molecular weight is 432 g/mol. The minimum absolute atomic E-state index is 0.274. The fraction of sp³-hybridized carbons (Fsp3) is 0.0417. The van der Waals surface area contributed by atoms with E-state index >= 15 is 0 Å². The summed E-state index contributed by atoms with van der Waals surface area (Å²) in [6.45, 7) is 0. The van der Waals surface area contributed by atoms with Crippen LogP contribution in [0.3, 0.4) is 0 Å². The highest BCUT2D eigenvalue weighted by molar-refractivity contribution is 6.34. The monoisotopic (exact) mass is 431 g/mol. The van der Waals surface area contributed by atoms with Crippen molar-refractivity contribution in [2.24, 2.45) is 0 Å². The maximum Gasteiger partial charge on any atom is 0.256 e. The number of amides is 2. The second-order valence-electron chi connectivity index (χ2n) is 6.67. The Hall–Kier alpha value is -3.90. The van der Waals surface area contributed by atoms with Crippen LogP contribution in [0.5, 0.6) is 0 Å². The molecule has 4 rings (SSSR count). The molecule has 7 heteroatoms. The molecule has 1 heterocycles. The molecule has 0 spiro atoms. The topological polar surface area (TPSA) is 84.2 Å². The van der Waals surface area contributed by atoms with Crippen LogP contribution in [0.1, 0.15) is 20.7 Å². The number of halogens is 1. The molecule has 3 aromatic carbocycles. The van der Waals surface area contributed by atoms with E-state index in [0.29, 0.717) is 33.5 Å². The molecule has 4 aromatic rings. The van der Waals surface area contributed by atoms with Gasteiger partial charge in [-0.1, -0.05) is 54.1 Å². The lowest BCUT2D eigenvalue weighted by Gasteiger charge is -2.10. The van der Waals surface area contributed by atoms with Crippen LogP contribution in [0.15, 0.2) is 83.4 Å². The molecule has 0 fully saturated rings. The second-order valence-corrected chi connectivity index (χ2v) is 7.08. The number of nitrogens with zero attached hydrogens (tertiary/aromatic N) is 1. The summed E-state index contributed by atoms with van der Waals surface area (Å²) < 4.78 is 5.92. The predicted molar refractivity (Wildman–Crippen MR) is 120 cm³/mol. The second kappa shape index (κ2) is 8.85. The van der Waals surface area contributed by atoms with Crippen LogP contribution < -0.4 is 10.6 Å². The molecule has 31 heavy (non-hydrogen) atoms. The first-order chi connectivity index (χ1) is 15.1. The van der Waals surface area contributed by atoms with E-state index in [0.717, 1.165) is 5.56 Å². The minimum atomic E-state index is -0.361. The molecule has 0 bridgehead atoms. The Labute approximate surface area is 183 Å². The third-order valence-corrected chi connectivity index (χ3v) is 4.99. The van der Waals surface area contributed by atoms with Gasteiger partial charge in [0.05, 0.1) is 22.3 Å². The smallest absolute Gasteiger partial charge is 0.256 e. The summed E-state index contributed by atoms with van der Waals surface area (Å²) in [5.41, 5.74) is 2.56. The zero-order valence-electron chi connectivity index (χ0n) is 16.6. The molecule has 0 aliphatic rings. The molecule has 0 unspecified atom stereocenters. The summed E-state index contributed by atoms with van der Waals surface area (Å²) in [5, 5.41) is 5.63. The maximum atomic E-state index is 13.0. The van der Waals surface area contributed by atoms with Crippen LogP contribution >= 0.6 is 11.6 Å². The largest absolute Gasteiger partial charge is 0.436 e. The van der Waals surface area contributed by atoms with Crippen molar-refractivity contribution in [3.05, 3.63) is 95.1 Å². The van der Waals surface area contributed by atoms with Gasteiger partial charge in [-0.25, -0.2) is 4.98 Å². The first kappa shape index (κ1) is 20.4. The van der Waals surface area contributed by atoms with Crippen LogP contribution in [0.2, 0.25) is 5.02 Å². The lowest BCUT2D eigenvalue weighted by atomic mass is 10.1. The summed E-state index contributed by atoms with van der Waals surface area (Å²) in [5.74, 6) is 0.250. The minimum Gasteiger partial charge on any atom is -0.436 e. The third-order valence-electron chi connectivity index (χ3n) is 4.66. The fourth-order valence-corrected chi connectivity index (χ4v) is 3.32. The molecule has 2 amide bonds.